The number of rotatable bonds is 5. The normalized spacial score (nSPS) is 9.93. The summed E-state index contributed by atoms with van der Waals surface area (Å²) < 4.78 is 4.69. The SMILES string of the molecule is O=C(NCCCCl)c1ccc([N+](=O)[O-])o1. The number of hydrogen-bond donors (Lipinski definition) is 1. The van der Waals surface area contributed by atoms with Gasteiger partial charge in [0.15, 0.2) is 5.76 Å². The van der Waals surface area contributed by atoms with Crippen molar-refractivity contribution in [1.82, 2.24) is 5.32 Å². The first-order valence-corrected chi connectivity index (χ1v) is 4.77. The molecule has 15 heavy (non-hydrogen) atoms. The zero-order valence-corrected chi connectivity index (χ0v) is 8.49. The third-order valence-electron chi connectivity index (χ3n) is 1.59. The average molecular weight is 233 g/mol. The van der Waals surface area contributed by atoms with Crippen LogP contribution in [0.5, 0.6) is 0 Å². The molecule has 1 aromatic heterocycles. The van der Waals surface area contributed by atoms with Gasteiger partial charge in [-0.15, -0.1) is 11.6 Å². The maximum absolute atomic E-state index is 11.3. The third kappa shape index (κ3) is 3.25. The number of nitrogens with zero attached hydrogens (tertiary/aromatic N) is 1. The average Bonchev–Trinajstić information content (AvgIpc) is 2.66. The van der Waals surface area contributed by atoms with Crippen molar-refractivity contribution in [1.29, 1.82) is 0 Å². The molecular weight excluding hydrogens is 224 g/mol. The Hall–Kier alpha value is -1.56. The van der Waals surface area contributed by atoms with Gasteiger partial charge in [-0.25, -0.2) is 0 Å². The van der Waals surface area contributed by atoms with E-state index in [2.05, 4.69) is 5.32 Å². The molecular formula is C8H9ClN2O4. The van der Waals surface area contributed by atoms with E-state index in [0.29, 0.717) is 18.8 Å². The van der Waals surface area contributed by atoms with Gasteiger partial charge in [-0.1, -0.05) is 0 Å². The van der Waals surface area contributed by atoms with Gasteiger partial charge in [-0.2, -0.15) is 0 Å². The second kappa shape index (κ2) is 5.35. The van der Waals surface area contributed by atoms with E-state index in [0.717, 1.165) is 6.07 Å². The molecule has 0 bridgehead atoms. The molecule has 1 rings (SSSR count). The molecule has 1 aromatic rings. The van der Waals surface area contributed by atoms with Crippen LogP contribution in [0.2, 0.25) is 0 Å². The standard InChI is InChI=1S/C8H9ClN2O4/c9-4-1-5-10-8(12)6-2-3-7(15-6)11(13)14/h2-3H,1,4-5H2,(H,10,12). The summed E-state index contributed by atoms with van der Waals surface area (Å²) in [6, 6.07) is 2.39. The Bertz CT molecular complexity index is 363. The lowest BCUT2D eigenvalue weighted by Crippen LogP contribution is -2.24. The summed E-state index contributed by atoms with van der Waals surface area (Å²) in [6.07, 6.45) is 0.635. The number of alkyl halides is 1. The van der Waals surface area contributed by atoms with E-state index in [9.17, 15) is 14.9 Å². The van der Waals surface area contributed by atoms with Crippen molar-refractivity contribution in [3.05, 3.63) is 28.0 Å². The monoisotopic (exact) mass is 232 g/mol. The second-order valence-electron chi connectivity index (χ2n) is 2.69. The van der Waals surface area contributed by atoms with Crippen molar-refractivity contribution in [2.75, 3.05) is 12.4 Å². The lowest BCUT2D eigenvalue weighted by atomic mass is 10.4. The molecule has 0 aliphatic rings. The fourth-order valence-electron chi connectivity index (χ4n) is 0.904. The Morgan fingerprint density at radius 1 is 1.60 bits per heavy atom. The van der Waals surface area contributed by atoms with Crippen LogP contribution in [0.25, 0.3) is 0 Å². The quantitative estimate of drug-likeness (QED) is 0.361. The van der Waals surface area contributed by atoms with Crippen LogP contribution in [0, 0.1) is 10.1 Å². The summed E-state index contributed by atoms with van der Waals surface area (Å²) in [7, 11) is 0. The summed E-state index contributed by atoms with van der Waals surface area (Å²) in [5, 5.41) is 12.8. The molecule has 0 saturated carbocycles. The molecule has 1 heterocycles. The highest BCUT2D eigenvalue weighted by molar-refractivity contribution is 6.17. The number of carbonyl (C=O) groups is 1. The van der Waals surface area contributed by atoms with Gasteiger partial charge in [0.1, 0.15) is 4.92 Å². The number of furan rings is 1. The lowest BCUT2D eigenvalue weighted by Gasteiger charge is -1.99. The Balaban J connectivity index is 2.54. The van der Waals surface area contributed by atoms with E-state index < -0.39 is 16.7 Å². The summed E-state index contributed by atoms with van der Waals surface area (Å²) in [5.41, 5.74) is 0. The summed E-state index contributed by atoms with van der Waals surface area (Å²) in [4.78, 5) is 20.8. The van der Waals surface area contributed by atoms with Crippen molar-refractivity contribution < 1.29 is 14.1 Å². The minimum absolute atomic E-state index is 0.0729. The summed E-state index contributed by atoms with van der Waals surface area (Å²) >= 11 is 5.41. The molecule has 1 amide bonds. The number of halogens is 1. The van der Waals surface area contributed by atoms with Crippen molar-refractivity contribution >= 4 is 23.4 Å². The van der Waals surface area contributed by atoms with Crippen LogP contribution in [-0.4, -0.2) is 23.3 Å². The fraction of sp³-hybridized carbons (Fsp3) is 0.375. The summed E-state index contributed by atoms with van der Waals surface area (Å²) in [6.45, 7) is 0.414. The van der Waals surface area contributed by atoms with Crippen LogP contribution >= 0.6 is 11.6 Å². The highest BCUT2D eigenvalue weighted by atomic mass is 35.5. The van der Waals surface area contributed by atoms with E-state index in [4.69, 9.17) is 16.0 Å². The molecule has 0 aliphatic carbocycles. The highest BCUT2D eigenvalue weighted by Crippen LogP contribution is 2.15. The van der Waals surface area contributed by atoms with Gasteiger partial charge < -0.3 is 9.73 Å². The van der Waals surface area contributed by atoms with Gasteiger partial charge in [0.2, 0.25) is 0 Å². The fourth-order valence-corrected chi connectivity index (χ4v) is 1.04. The molecule has 0 radical (unpaired) electrons. The zero-order valence-electron chi connectivity index (χ0n) is 7.73. The summed E-state index contributed by atoms with van der Waals surface area (Å²) in [5.74, 6) is -0.555. The molecule has 0 aromatic carbocycles. The first-order chi connectivity index (χ1) is 7.15. The van der Waals surface area contributed by atoms with Gasteiger partial charge in [0.25, 0.3) is 5.91 Å². The maximum atomic E-state index is 11.3. The smallest absolute Gasteiger partial charge is 0.395 e. The van der Waals surface area contributed by atoms with Gasteiger partial charge in [0, 0.05) is 12.4 Å². The molecule has 0 fully saturated rings. The Morgan fingerprint density at radius 3 is 2.87 bits per heavy atom. The van der Waals surface area contributed by atoms with E-state index in [1.165, 1.54) is 6.07 Å². The maximum Gasteiger partial charge on any atom is 0.433 e. The minimum Gasteiger partial charge on any atom is -0.395 e. The second-order valence-corrected chi connectivity index (χ2v) is 3.07. The van der Waals surface area contributed by atoms with Crippen LogP contribution in [0.3, 0.4) is 0 Å². The molecule has 0 saturated heterocycles. The molecule has 6 nitrogen and oxygen atoms in total. The molecule has 7 heteroatoms. The van der Waals surface area contributed by atoms with Crippen LogP contribution in [-0.2, 0) is 0 Å². The first kappa shape index (κ1) is 11.5. The molecule has 0 aliphatic heterocycles. The molecule has 0 unspecified atom stereocenters. The van der Waals surface area contributed by atoms with Crippen LogP contribution in [0.15, 0.2) is 16.5 Å². The molecule has 1 N–H and O–H groups in total. The van der Waals surface area contributed by atoms with Crippen molar-refractivity contribution in [3.8, 4) is 0 Å². The molecule has 0 atom stereocenters. The Morgan fingerprint density at radius 2 is 2.33 bits per heavy atom. The Labute approximate surface area is 90.4 Å². The van der Waals surface area contributed by atoms with Crippen molar-refractivity contribution in [2.45, 2.75) is 6.42 Å². The number of carbonyl (C=O) groups excluding carboxylic acids is 1. The molecule has 82 valence electrons. The molecule has 0 spiro atoms. The van der Waals surface area contributed by atoms with Gasteiger partial charge in [0.05, 0.1) is 6.07 Å². The predicted molar refractivity (Wildman–Crippen MR) is 53.0 cm³/mol. The van der Waals surface area contributed by atoms with Gasteiger partial charge in [-0.3, -0.25) is 14.9 Å². The topological polar surface area (TPSA) is 85.4 Å². The third-order valence-corrected chi connectivity index (χ3v) is 1.86. The van der Waals surface area contributed by atoms with Gasteiger partial charge >= 0.3 is 5.88 Å². The van der Waals surface area contributed by atoms with Crippen molar-refractivity contribution in [2.24, 2.45) is 0 Å². The van der Waals surface area contributed by atoms with Gasteiger partial charge in [-0.05, 0) is 12.5 Å². The number of nitro groups is 1. The van der Waals surface area contributed by atoms with Crippen LogP contribution in [0.4, 0.5) is 5.88 Å². The first-order valence-electron chi connectivity index (χ1n) is 4.23. The highest BCUT2D eigenvalue weighted by Gasteiger charge is 2.16. The lowest BCUT2D eigenvalue weighted by molar-refractivity contribution is -0.402. The minimum atomic E-state index is -0.699. The number of nitrogens with one attached hydrogen (secondary N) is 1. The Kier molecular flexibility index (Phi) is 4.11. The zero-order chi connectivity index (χ0) is 11.3. The van der Waals surface area contributed by atoms with E-state index in [-0.39, 0.29) is 5.76 Å². The van der Waals surface area contributed by atoms with Crippen LogP contribution in [0.1, 0.15) is 17.0 Å². The largest absolute Gasteiger partial charge is 0.433 e. The number of hydrogen-bond acceptors (Lipinski definition) is 4. The van der Waals surface area contributed by atoms with Crippen LogP contribution < -0.4 is 5.32 Å². The van der Waals surface area contributed by atoms with E-state index in [1.54, 1.807) is 0 Å². The van der Waals surface area contributed by atoms with E-state index >= 15 is 0 Å². The predicted octanol–water partition coefficient (Wildman–Crippen LogP) is 1.55. The van der Waals surface area contributed by atoms with Crippen molar-refractivity contribution in [3.63, 3.8) is 0 Å². The van der Waals surface area contributed by atoms with E-state index in [1.807, 2.05) is 0 Å². The number of amides is 1.